The molecule has 0 aliphatic carbocycles. The summed E-state index contributed by atoms with van der Waals surface area (Å²) in [5.74, 6) is 1.62. The van der Waals surface area contributed by atoms with Gasteiger partial charge in [-0.1, -0.05) is 11.2 Å². The molecule has 0 saturated carbocycles. The van der Waals surface area contributed by atoms with Gasteiger partial charge in [-0.2, -0.15) is 0 Å². The van der Waals surface area contributed by atoms with E-state index in [9.17, 15) is 0 Å². The largest absolute Gasteiger partial charge is 0.361 e. The van der Waals surface area contributed by atoms with Crippen molar-refractivity contribution in [2.45, 2.75) is 32.7 Å². The number of nitrogens with zero attached hydrogens (tertiary/aromatic N) is 3. The van der Waals surface area contributed by atoms with Gasteiger partial charge in [-0.3, -0.25) is 9.88 Å². The predicted molar refractivity (Wildman–Crippen MR) is 77.2 cm³/mol. The molecule has 1 atom stereocenters. The van der Waals surface area contributed by atoms with Gasteiger partial charge < -0.3 is 4.52 Å². The molecule has 4 nitrogen and oxygen atoms in total. The van der Waals surface area contributed by atoms with Gasteiger partial charge in [0.2, 0.25) is 0 Å². The molecular formula is C16H21N3O. The van der Waals surface area contributed by atoms with E-state index in [0.717, 1.165) is 43.4 Å². The Labute approximate surface area is 119 Å². The third-order valence-electron chi connectivity index (χ3n) is 3.91. The van der Waals surface area contributed by atoms with Crippen molar-refractivity contribution in [2.24, 2.45) is 5.92 Å². The number of hydrogen-bond donors (Lipinski definition) is 0. The molecule has 0 amide bonds. The second-order valence-corrected chi connectivity index (χ2v) is 5.74. The van der Waals surface area contributed by atoms with Crippen LogP contribution in [0.4, 0.5) is 0 Å². The summed E-state index contributed by atoms with van der Waals surface area (Å²) in [7, 11) is 0. The average Bonchev–Trinajstić information content (AvgIpc) is 2.86. The molecule has 106 valence electrons. The van der Waals surface area contributed by atoms with Crippen molar-refractivity contribution in [3.63, 3.8) is 0 Å². The number of likely N-dealkylation sites (tertiary alicyclic amines) is 1. The van der Waals surface area contributed by atoms with E-state index in [2.05, 4.69) is 21.1 Å². The molecule has 3 rings (SSSR count). The van der Waals surface area contributed by atoms with Crippen LogP contribution in [-0.2, 0) is 13.0 Å². The Kier molecular flexibility index (Phi) is 4.11. The topological polar surface area (TPSA) is 42.2 Å². The Balaban J connectivity index is 1.56. The number of rotatable bonds is 4. The molecule has 1 aliphatic rings. The normalized spacial score (nSPS) is 20.1. The van der Waals surface area contributed by atoms with Gasteiger partial charge in [0, 0.05) is 31.5 Å². The Morgan fingerprint density at radius 2 is 2.40 bits per heavy atom. The number of aryl methyl sites for hydroxylation is 1. The van der Waals surface area contributed by atoms with Crippen LogP contribution >= 0.6 is 0 Å². The average molecular weight is 271 g/mol. The van der Waals surface area contributed by atoms with Crippen LogP contribution in [0.5, 0.6) is 0 Å². The summed E-state index contributed by atoms with van der Waals surface area (Å²) in [5.41, 5.74) is 2.39. The molecule has 0 aromatic carbocycles. The summed E-state index contributed by atoms with van der Waals surface area (Å²) in [6.07, 6.45) is 7.52. The second-order valence-electron chi connectivity index (χ2n) is 5.74. The zero-order valence-corrected chi connectivity index (χ0v) is 12.0. The zero-order valence-electron chi connectivity index (χ0n) is 12.0. The number of hydrogen-bond acceptors (Lipinski definition) is 4. The maximum Gasteiger partial charge on any atom is 0.133 e. The van der Waals surface area contributed by atoms with Gasteiger partial charge in [0.1, 0.15) is 5.76 Å². The van der Waals surface area contributed by atoms with Crippen LogP contribution in [-0.4, -0.2) is 28.1 Å². The highest BCUT2D eigenvalue weighted by Gasteiger charge is 2.21. The lowest BCUT2D eigenvalue weighted by atomic mass is 9.92. The summed E-state index contributed by atoms with van der Waals surface area (Å²) in [6, 6.07) is 6.23. The van der Waals surface area contributed by atoms with E-state index in [4.69, 9.17) is 4.52 Å². The van der Waals surface area contributed by atoms with Crippen LogP contribution in [0.2, 0.25) is 0 Å². The van der Waals surface area contributed by atoms with Gasteiger partial charge in [0.25, 0.3) is 0 Å². The SMILES string of the molecule is Cc1cc(CN2CCCC(Cc3cccnc3)C2)no1. The van der Waals surface area contributed by atoms with Crippen LogP contribution in [0, 0.1) is 12.8 Å². The quantitative estimate of drug-likeness (QED) is 0.857. The van der Waals surface area contributed by atoms with Crippen molar-refractivity contribution in [3.8, 4) is 0 Å². The van der Waals surface area contributed by atoms with Crippen LogP contribution in [0.1, 0.15) is 29.9 Å². The van der Waals surface area contributed by atoms with Crippen molar-refractivity contribution >= 4 is 0 Å². The standard InChI is InChI=1S/C16H21N3O/c1-13-8-16(18-20-13)12-19-7-3-5-15(11-19)9-14-4-2-6-17-10-14/h2,4,6,8,10,15H,3,5,7,9,11-12H2,1H3. The minimum Gasteiger partial charge on any atom is -0.361 e. The summed E-state index contributed by atoms with van der Waals surface area (Å²) in [6.45, 7) is 5.15. The second kappa shape index (κ2) is 6.18. The molecule has 0 spiro atoms. The van der Waals surface area contributed by atoms with E-state index in [0.29, 0.717) is 0 Å². The first-order valence-corrected chi connectivity index (χ1v) is 7.33. The van der Waals surface area contributed by atoms with Gasteiger partial charge in [0.15, 0.2) is 0 Å². The van der Waals surface area contributed by atoms with E-state index >= 15 is 0 Å². The Hall–Kier alpha value is -1.68. The molecular weight excluding hydrogens is 250 g/mol. The fourth-order valence-corrected chi connectivity index (χ4v) is 3.04. The molecule has 2 aromatic heterocycles. The van der Waals surface area contributed by atoms with Crippen LogP contribution in [0.3, 0.4) is 0 Å². The number of pyridine rings is 1. The van der Waals surface area contributed by atoms with Crippen LogP contribution < -0.4 is 0 Å². The summed E-state index contributed by atoms with van der Waals surface area (Å²) in [5, 5.41) is 4.09. The molecule has 2 aromatic rings. The maximum absolute atomic E-state index is 5.14. The molecule has 1 fully saturated rings. The molecule has 4 heteroatoms. The first-order valence-electron chi connectivity index (χ1n) is 7.33. The molecule has 0 N–H and O–H groups in total. The van der Waals surface area contributed by atoms with E-state index in [1.54, 1.807) is 0 Å². The molecule has 3 heterocycles. The highest BCUT2D eigenvalue weighted by molar-refractivity contribution is 5.10. The van der Waals surface area contributed by atoms with Crippen LogP contribution in [0.15, 0.2) is 35.1 Å². The highest BCUT2D eigenvalue weighted by Crippen LogP contribution is 2.21. The molecule has 1 aliphatic heterocycles. The molecule has 0 radical (unpaired) electrons. The fraction of sp³-hybridized carbons (Fsp3) is 0.500. The highest BCUT2D eigenvalue weighted by atomic mass is 16.5. The smallest absolute Gasteiger partial charge is 0.133 e. The van der Waals surface area contributed by atoms with Gasteiger partial charge >= 0.3 is 0 Å². The van der Waals surface area contributed by atoms with Crippen molar-refractivity contribution in [1.82, 2.24) is 15.0 Å². The van der Waals surface area contributed by atoms with Gasteiger partial charge in [-0.05, 0) is 50.3 Å². The van der Waals surface area contributed by atoms with Crippen molar-refractivity contribution < 1.29 is 4.52 Å². The van der Waals surface area contributed by atoms with Crippen molar-refractivity contribution in [1.29, 1.82) is 0 Å². The van der Waals surface area contributed by atoms with E-state index in [1.165, 1.54) is 18.4 Å². The van der Waals surface area contributed by atoms with E-state index < -0.39 is 0 Å². The monoisotopic (exact) mass is 271 g/mol. The molecule has 20 heavy (non-hydrogen) atoms. The van der Waals surface area contributed by atoms with Crippen molar-refractivity contribution in [3.05, 3.63) is 47.6 Å². The summed E-state index contributed by atoms with van der Waals surface area (Å²) >= 11 is 0. The summed E-state index contributed by atoms with van der Waals surface area (Å²) in [4.78, 5) is 6.69. The van der Waals surface area contributed by atoms with Gasteiger partial charge in [-0.15, -0.1) is 0 Å². The maximum atomic E-state index is 5.14. The first-order chi connectivity index (χ1) is 9.79. The van der Waals surface area contributed by atoms with Gasteiger partial charge in [-0.25, -0.2) is 0 Å². The van der Waals surface area contributed by atoms with Crippen LogP contribution in [0.25, 0.3) is 0 Å². The third-order valence-corrected chi connectivity index (χ3v) is 3.91. The summed E-state index contributed by atoms with van der Waals surface area (Å²) < 4.78 is 5.14. The third kappa shape index (κ3) is 3.45. The van der Waals surface area contributed by atoms with Gasteiger partial charge in [0.05, 0.1) is 5.69 Å². The van der Waals surface area contributed by atoms with E-state index in [-0.39, 0.29) is 0 Å². The zero-order chi connectivity index (χ0) is 13.8. The fourth-order valence-electron chi connectivity index (χ4n) is 3.04. The lowest BCUT2D eigenvalue weighted by molar-refractivity contribution is 0.163. The number of piperidine rings is 1. The minimum absolute atomic E-state index is 0.723. The Morgan fingerprint density at radius 1 is 1.45 bits per heavy atom. The number of aromatic nitrogens is 2. The Morgan fingerprint density at radius 3 is 3.15 bits per heavy atom. The molecule has 1 saturated heterocycles. The Bertz CT molecular complexity index is 538. The van der Waals surface area contributed by atoms with E-state index in [1.807, 2.05) is 31.5 Å². The lowest BCUT2D eigenvalue weighted by Gasteiger charge is -2.32. The van der Waals surface area contributed by atoms with Crippen molar-refractivity contribution in [2.75, 3.05) is 13.1 Å². The molecule has 1 unspecified atom stereocenters. The first kappa shape index (κ1) is 13.3. The predicted octanol–water partition coefficient (Wildman–Crippen LogP) is 2.83. The minimum atomic E-state index is 0.723. The molecule has 0 bridgehead atoms. The lowest BCUT2D eigenvalue weighted by Crippen LogP contribution is -2.35.